The van der Waals surface area contributed by atoms with Crippen LogP contribution in [0, 0.1) is 0 Å². The summed E-state index contributed by atoms with van der Waals surface area (Å²) in [6.45, 7) is 0. The molecule has 0 unspecified atom stereocenters. The summed E-state index contributed by atoms with van der Waals surface area (Å²) in [6, 6.07) is 3.16. The third-order valence-corrected chi connectivity index (χ3v) is 1.77. The summed E-state index contributed by atoms with van der Waals surface area (Å²) in [5.41, 5.74) is -1.43. The van der Waals surface area contributed by atoms with Gasteiger partial charge in [0, 0.05) is 5.56 Å². The summed E-state index contributed by atoms with van der Waals surface area (Å²) in [6.07, 6.45) is -11.1. The van der Waals surface area contributed by atoms with Crippen LogP contribution in [0.15, 0.2) is 24.3 Å². The first-order valence-corrected chi connectivity index (χ1v) is 4.15. The molecule has 0 spiro atoms. The second kappa shape index (κ2) is 4.27. The summed E-state index contributed by atoms with van der Waals surface area (Å²) in [5.74, 6) is 0. The highest BCUT2D eigenvalue weighted by Gasteiger charge is 2.53. The van der Waals surface area contributed by atoms with E-state index in [0.29, 0.717) is 12.1 Å². The molecule has 0 amide bonds. The van der Waals surface area contributed by atoms with Gasteiger partial charge in [-0.25, -0.2) is 0 Å². The molecule has 17 heavy (non-hydrogen) atoms. The first kappa shape index (κ1) is 13.3. The average molecular weight is 257 g/mol. The second-order valence-corrected chi connectivity index (χ2v) is 2.98. The maximum absolute atomic E-state index is 12.3. The number of hydrogen-bond donors (Lipinski definition) is 0. The number of anilines is 1. The maximum Gasteiger partial charge on any atom is 0.491 e. The quantitative estimate of drug-likeness (QED) is 0.460. The minimum Gasteiger partial charge on any atom is -0.298 e. The highest BCUT2D eigenvalue weighted by Crippen LogP contribution is 2.38. The number of rotatable bonds is 2. The van der Waals surface area contributed by atoms with Crippen LogP contribution < -0.4 is 4.90 Å². The molecule has 1 rings (SSSR count). The second-order valence-electron chi connectivity index (χ2n) is 2.98. The molecular formula is C9H5F6NO. The first-order valence-electron chi connectivity index (χ1n) is 4.15. The molecule has 0 aliphatic heterocycles. The summed E-state index contributed by atoms with van der Waals surface area (Å²) >= 11 is 0. The van der Waals surface area contributed by atoms with Crippen LogP contribution in [0.1, 0.15) is 10.4 Å². The van der Waals surface area contributed by atoms with Crippen molar-refractivity contribution in [1.29, 1.82) is 0 Å². The van der Waals surface area contributed by atoms with Crippen LogP contribution in [0.25, 0.3) is 0 Å². The van der Waals surface area contributed by atoms with Crippen molar-refractivity contribution in [2.45, 2.75) is 12.6 Å². The smallest absolute Gasteiger partial charge is 0.298 e. The minimum absolute atomic E-state index is 0.161. The topological polar surface area (TPSA) is 20.3 Å². The van der Waals surface area contributed by atoms with Gasteiger partial charge in [0.1, 0.15) is 6.29 Å². The van der Waals surface area contributed by atoms with E-state index < -0.39 is 23.2 Å². The summed E-state index contributed by atoms with van der Waals surface area (Å²) in [4.78, 5) is 8.64. The number of alkyl halides is 6. The van der Waals surface area contributed by atoms with Crippen LogP contribution in [0.2, 0.25) is 0 Å². The van der Waals surface area contributed by atoms with E-state index in [0.717, 1.165) is 12.1 Å². The maximum atomic E-state index is 12.3. The lowest BCUT2D eigenvalue weighted by Crippen LogP contribution is -2.48. The Labute approximate surface area is 91.4 Å². The number of carbonyl (C=O) groups is 1. The van der Waals surface area contributed by atoms with Crippen molar-refractivity contribution in [2.24, 2.45) is 0 Å². The molecule has 0 atom stereocenters. The third kappa shape index (κ3) is 3.11. The van der Waals surface area contributed by atoms with E-state index in [1.54, 1.807) is 0 Å². The van der Waals surface area contributed by atoms with Crippen molar-refractivity contribution in [2.75, 3.05) is 4.90 Å². The Morgan fingerprint density at radius 1 is 1.00 bits per heavy atom. The Morgan fingerprint density at radius 3 is 1.94 bits per heavy atom. The zero-order valence-corrected chi connectivity index (χ0v) is 8.01. The van der Waals surface area contributed by atoms with E-state index in [2.05, 4.69) is 0 Å². The standard InChI is InChI=1S/C9H5F6NO/c10-8(11,12)16(9(13,14)15)7-3-1-2-6(4-7)5-17/h1-5H. The monoisotopic (exact) mass is 257 g/mol. The number of nitrogens with zero attached hydrogens (tertiary/aromatic N) is 1. The zero-order chi connectivity index (χ0) is 13.3. The molecule has 0 bridgehead atoms. The largest absolute Gasteiger partial charge is 0.491 e. The van der Waals surface area contributed by atoms with Gasteiger partial charge in [-0.2, -0.15) is 4.90 Å². The van der Waals surface area contributed by atoms with E-state index in [9.17, 15) is 31.1 Å². The molecule has 0 N–H and O–H groups in total. The van der Waals surface area contributed by atoms with Gasteiger partial charge in [-0.1, -0.05) is 12.1 Å². The lowest BCUT2D eigenvalue weighted by Gasteiger charge is -2.28. The molecule has 0 heterocycles. The molecule has 8 heteroatoms. The Kier molecular flexibility index (Phi) is 3.35. The van der Waals surface area contributed by atoms with Gasteiger partial charge in [0.2, 0.25) is 0 Å². The molecule has 0 radical (unpaired) electrons. The Bertz CT molecular complexity index is 397. The third-order valence-electron chi connectivity index (χ3n) is 1.77. The fourth-order valence-corrected chi connectivity index (χ4v) is 1.17. The van der Waals surface area contributed by atoms with Crippen molar-refractivity contribution in [3.8, 4) is 0 Å². The van der Waals surface area contributed by atoms with E-state index >= 15 is 0 Å². The van der Waals surface area contributed by atoms with Crippen molar-refractivity contribution < 1.29 is 31.1 Å². The molecule has 0 fully saturated rings. The summed E-state index contributed by atoms with van der Waals surface area (Å²) in [5, 5.41) is 0. The van der Waals surface area contributed by atoms with E-state index in [-0.39, 0.29) is 11.8 Å². The van der Waals surface area contributed by atoms with Crippen molar-refractivity contribution in [3.05, 3.63) is 29.8 Å². The molecule has 0 saturated heterocycles. The fraction of sp³-hybridized carbons (Fsp3) is 0.222. The lowest BCUT2D eigenvalue weighted by molar-refractivity contribution is -0.226. The SMILES string of the molecule is O=Cc1cccc(N(C(F)(F)F)C(F)(F)F)c1. The summed E-state index contributed by atoms with van der Waals surface area (Å²) in [7, 11) is 0. The molecule has 1 aromatic rings. The fourth-order valence-electron chi connectivity index (χ4n) is 1.17. The van der Waals surface area contributed by atoms with E-state index in [1.165, 1.54) is 0 Å². The first-order chi connectivity index (χ1) is 7.66. The van der Waals surface area contributed by atoms with Gasteiger partial charge in [-0.15, -0.1) is 26.3 Å². The minimum atomic E-state index is -5.61. The lowest BCUT2D eigenvalue weighted by atomic mass is 10.2. The highest BCUT2D eigenvalue weighted by molar-refractivity contribution is 5.77. The van der Waals surface area contributed by atoms with Crippen LogP contribution >= 0.6 is 0 Å². The van der Waals surface area contributed by atoms with Gasteiger partial charge in [-0.3, -0.25) is 4.79 Å². The van der Waals surface area contributed by atoms with Gasteiger partial charge < -0.3 is 0 Å². The van der Waals surface area contributed by atoms with Crippen LogP contribution in [0.3, 0.4) is 0 Å². The van der Waals surface area contributed by atoms with Crippen LogP contribution in [0.5, 0.6) is 0 Å². The molecule has 0 saturated carbocycles. The molecular weight excluding hydrogens is 252 g/mol. The Morgan fingerprint density at radius 2 is 1.53 bits per heavy atom. The molecule has 2 nitrogen and oxygen atoms in total. The van der Waals surface area contributed by atoms with Gasteiger partial charge in [0.25, 0.3) is 0 Å². The number of benzene rings is 1. The number of aldehydes is 1. The van der Waals surface area contributed by atoms with Crippen molar-refractivity contribution in [1.82, 2.24) is 0 Å². The van der Waals surface area contributed by atoms with Gasteiger partial charge in [0.15, 0.2) is 0 Å². The van der Waals surface area contributed by atoms with E-state index in [1.807, 2.05) is 0 Å². The van der Waals surface area contributed by atoms with Gasteiger partial charge >= 0.3 is 12.6 Å². The van der Waals surface area contributed by atoms with Gasteiger partial charge in [0.05, 0.1) is 5.69 Å². The van der Waals surface area contributed by atoms with Gasteiger partial charge in [-0.05, 0) is 12.1 Å². The number of halogens is 6. The molecule has 0 aliphatic carbocycles. The molecule has 94 valence electrons. The molecule has 0 aromatic heterocycles. The number of hydrogen-bond acceptors (Lipinski definition) is 2. The highest BCUT2D eigenvalue weighted by atomic mass is 19.4. The molecule has 1 aromatic carbocycles. The predicted octanol–water partition coefficient (Wildman–Crippen LogP) is 3.35. The zero-order valence-electron chi connectivity index (χ0n) is 8.01. The number of carbonyl (C=O) groups excluding carboxylic acids is 1. The van der Waals surface area contributed by atoms with E-state index in [4.69, 9.17) is 0 Å². The van der Waals surface area contributed by atoms with Crippen molar-refractivity contribution in [3.63, 3.8) is 0 Å². The van der Waals surface area contributed by atoms with Crippen LogP contribution in [0.4, 0.5) is 32.0 Å². The predicted molar refractivity (Wildman–Crippen MR) is 46.4 cm³/mol. The van der Waals surface area contributed by atoms with Crippen LogP contribution in [-0.4, -0.2) is 18.9 Å². The van der Waals surface area contributed by atoms with Crippen LogP contribution in [-0.2, 0) is 0 Å². The Balaban J connectivity index is 3.27. The molecule has 0 aliphatic rings. The summed E-state index contributed by atoms with van der Waals surface area (Å²) < 4.78 is 73.5. The normalized spacial score (nSPS) is 12.4. The Hall–Kier alpha value is -1.73. The average Bonchev–Trinajstić information content (AvgIpc) is 2.13. The van der Waals surface area contributed by atoms with Crippen molar-refractivity contribution >= 4 is 12.0 Å².